The maximum Gasteiger partial charge on any atom is 0.153 e. The van der Waals surface area contributed by atoms with E-state index in [1.165, 1.54) is 0 Å². The zero-order valence-corrected chi connectivity index (χ0v) is 13.2. The van der Waals surface area contributed by atoms with Crippen LogP contribution < -0.4 is 15.2 Å². The Kier molecular flexibility index (Phi) is 4.55. The fourth-order valence-electron chi connectivity index (χ4n) is 3.09. The van der Waals surface area contributed by atoms with E-state index in [4.69, 9.17) is 19.9 Å². The maximum absolute atomic E-state index is 5.96. The zero-order valence-electron chi connectivity index (χ0n) is 13.2. The van der Waals surface area contributed by atoms with Crippen LogP contribution in [-0.4, -0.2) is 50.0 Å². The molecule has 0 bridgehead atoms. The van der Waals surface area contributed by atoms with E-state index >= 15 is 0 Å². The van der Waals surface area contributed by atoms with Crippen LogP contribution in [0, 0.1) is 0 Å². The van der Waals surface area contributed by atoms with Crippen LogP contribution in [-0.2, 0) is 4.74 Å². The first-order valence-corrected chi connectivity index (χ1v) is 7.86. The summed E-state index contributed by atoms with van der Waals surface area (Å²) in [5.74, 6) is 1.56. The van der Waals surface area contributed by atoms with Crippen molar-refractivity contribution in [2.75, 3.05) is 38.6 Å². The quantitative estimate of drug-likeness (QED) is 0.864. The third-order valence-corrected chi connectivity index (χ3v) is 3.96. The van der Waals surface area contributed by atoms with Crippen LogP contribution in [0.4, 0.5) is 5.69 Å². The molecular formula is C17H24N2O3. The van der Waals surface area contributed by atoms with Gasteiger partial charge in [-0.3, -0.25) is 4.90 Å². The topological polar surface area (TPSA) is 57.0 Å². The summed E-state index contributed by atoms with van der Waals surface area (Å²) in [6.45, 7) is 8.23. The van der Waals surface area contributed by atoms with Crippen molar-refractivity contribution >= 4 is 11.8 Å². The number of ether oxygens (including phenoxy) is 3. The summed E-state index contributed by atoms with van der Waals surface area (Å²) < 4.78 is 17.3. The Morgan fingerprint density at radius 2 is 2.05 bits per heavy atom. The first-order valence-electron chi connectivity index (χ1n) is 7.86. The average Bonchev–Trinajstić information content (AvgIpc) is 2.49. The van der Waals surface area contributed by atoms with Crippen molar-refractivity contribution in [2.24, 2.45) is 0 Å². The van der Waals surface area contributed by atoms with Gasteiger partial charge in [-0.25, -0.2) is 0 Å². The Bertz CT molecular complexity index is 549. The number of hydrogen-bond donors (Lipinski definition) is 1. The molecule has 2 N–H and O–H groups in total. The number of nitrogen functional groups attached to an aromatic ring is 1. The van der Waals surface area contributed by atoms with Crippen LogP contribution in [0.15, 0.2) is 18.2 Å². The SMILES string of the molecule is C[C@@H]1CN(CCOc2ccc(N)c3c2C=CCO3)C[C@H](C)O1. The Labute approximate surface area is 131 Å². The Balaban J connectivity index is 1.60. The summed E-state index contributed by atoms with van der Waals surface area (Å²) in [5.41, 5.74) is 7.54. The molecule has 2 aliphatic heterocycles. The van der Waals surface area contributed by atoms with Gasteiger partial charge in [0.05, 0.1) is 23.5 Å². The lowest BCUT2D eigenvalue weighted by Gasteiger charge is -2.35. The highest BCUT2D eigenvalue weighted by Gasteiger charge is 2.22. The molecule has 0 saturated carbocycles. The number of benzene rings is 1. The average molecular weight is 304 g/mol. The third kappa shape index (κ3) is 3.36. The first-order chi connectivity index (χ1) is 10.6. The van der Waals surface area contributed by atoms with Crippen molar-refractivity contribution in [3.8, 4) is 11.5 Å². The van der Waals surface area contributed by atoms with Gasteiger partial charge in [0.25, 0.3) is 0 Å². The van der Waals surface area contributed by atoms with Crippen LogP contribution in [0.1, 0.15) is 19.4 Å². The van der Waals surface area contributed by atoms with Crippen molar-refractivity contribution in [3.63, 3.8) is 0 Å². The highest BCUT2D eigenvalue weighted by Crippen LogP contribution is 2.37. The molecule has 5 heteroatoms. The van der Waals surface area contributed by atoms with Crippen LogP contribution in [0.3, 0.4) is 0 Å². The number of anilines is 1. The molecule has 0 amide bonds. The predicted molar refractivity (Wildman–Crippen MR) is 87.3 cm³/mol. The second-order valence-electron chi connectivity index (χ2n) is 5.97. The molecular weight excluding hydrogens is 280 g/mol. The Morgan fingerprint density at radius 3 is 2.82 bits per heavy atom. The van der Waals surface area contributed by atoms with E-state index in [1.807, 2.05) is 24.3 Å². The van der Waals surface area contributed by atoms with E-state index in [9.17, 15) is 0 Å². The molecule has 1 aromatic carbocycles. The number of nitrogens with zero attached hydrogens (tertiary/aromatic N) is 1. The summed E-state index contributed by atoms with van der Waals surface area (Å²) in [7, 11) is 0. The van der Waals surface area contributed by atoms with Crippen LogP contribution in [0.2, 0.25) is 0 Å². The lowest BCUT2D eigenvalue weighted by molar-refractivity contribution is -0.0699. The smallest absolute Gasteiger partial charge is 0.153 e. The van der Waals surface area contributed by atoms with Gasteiger partial charge in [-0.1, -0.05) is 0 Å². The fraction of sp³-hybridized carbons (Fsp3) is 0.529. The van der Waals surface area contributed by atoms with Gasteiger partial charge in [-0.15, -0.1) is 0 Å². The van der Waals surface area contributed by atoms with E-state index < -0.39 is 0 Å². The van der Waals surface area contributed by atoms with Crippen molar-refractivity contribution in [3.05, 3.63) is 23.8 Å². The lowest BCUT2D eigenvalue weighted by Crippen LogP contribution is -2.46. The van der Waals surface area contributed by atoms with Crippen molar-refractivity contribution in [2.45, 2.75) is 26.1 Å². The first kappa shape index (κ1) is 15.2. The summed E-state index contributed by atoms with van der Waals surface area (Å²) in [4.78, 5) is 2.38. The molecule has 2 atom stereocenters. The number of fused-ring (bicyclic) bond motifs is 1. The second-order valence-corrected chi connectivity index (χ2v) is 5.97. The van der Waals surface area contributed by atoms with Gasteiger partial charge in [-0.05, 0) is 38.1 Å². The minimum atomic E-state index is 0.282. The number of nitrogens with two attached hydrogens (primary N) is 1. The van der Waals surface area contributed by atoms with Crippen LogP contribution in [0.5, 0.6) is 11.5 Å². The fourth-order valence-corrected chi connectivity index (χ4v) is 3.09. The van der Waals surface area contributed by atoms with Crippen molar-refractivity contribution in [1.82, 2.24) is 4.90 Å². The Morgan fingerprint density at radius 1 is 1.27 bits per heavy atom. The van der Waals surface area contributed by atoms with Gasteiger partial charge < -0.3 is 19.9 Å². The molecule has 1 saturated heterocycles. The van der Waals surface area contributed by atoms with E-state index in [0.717, 1.165) is 36.7 Å². The molecule has 0 aromatic heterocycles. The summed E-state index contributed by atoms with van der Waals surface area (Å²) >= 11 is 0. The summed E-state index contributed by atoms with van der Waals surface area (Å²) in [6.07, 6.45) is 4.55. The molecule has 0 unspecified atom stereocenters. The van der Waals surface area contributed by atoms with Crippen molar-refractivity contribution in [1.29, 1.82) is 0 Å². The zero-order chi connectivity index (χ0) is 15.5. The standard InChI is InChI=1S/C17H24N2O3/c1-12-10-19(11-13(2)22-12)7-9-20-16-6-5-15(18)17-14(16)4-3-8-21-17/h3-6,12-13H,7-11,18H2,1-2H3/t12-,13+. The molecule has 2 heterocycles. The van der Waals surface area contributed by atoms with Gasteiger partial charge in [0, 0.05) is 19.6 Å². The molecule has 2 aliphatic rings. The summed E-state index contributed by atoms with van der Waals surface area (Å²) in [6, 6.07) is 3.75. The van der Waals surface area contributed by atoms with Gasteiger partial charge in [0.2, 0.25) is 0 Å². The maximum atomic E-state index is 5.96. The number of rotatable bonds is 4. The molecule has 1 aromatic rings. The molecule has 0 radical (unpaired) electrons. The minimum absolute atomic E-state index is 0.282. The third-order valence-electron chi connectivity index (χ3n) is 3.96. The normalized spacial score (nSPS) is 24.6. The molecule has 0 aliphatic carbocycles. The molecule has 0 spiro atoms. The lowest BCUT2D eigenvalue weighted by atomic mass is 10.1. The van der Waals surface area contributed by atoms with E-state index in [0.29, 0.717) is 18.9 Å². The minimum Gasteiger partial charge on any atom is -0.491 e. The molecule has 120 valence electrons. The highest BCUT2D eigenvalue weighted by atomic mass is 16.5. The Hall–Kier alpha value is -1.72. The molecule has 22 heavy (non-hydrogen) atoms. The van der Waals surface area contributed by atoms with Gasteiger partial charge in [0.1, 0.15) is 19.0 Å². The molecule has 5 nitrogen and oxygen atoms in total. The predicted octanol–water partition coefficient (Wildman–Crippen LogP) is 2.16. The van der Waals surface area contributed by atoms with E-state index in [1.54, 1.807) is 0 Å². The van der Waals surface area contributed by atoms with Gasteiger partial charge >= 0.3 is 0 Å². The van der Waals surface area contributed by atoms with Gasteiger partial charge in [0.15, 0.2) is 5.75 Å². The largest absolute Gasteiger partial charge is 0.491 e. The van der Waals surface area contributed by atoms with Crippen LogP contribution >= 0.6 is 0 Å². The summed E-state index contributed by atoms with van der Waals surface area (Å²) in [5, 5.41) is 0. The van der Waals surface area contributed by atoms with E-state index in [-0.39, 0.29) is 12.2 Å². The van der Waals surface area contributed by atoms with Gasteiger partial charge in [-0.2, -0.15) is 0 Å². The highest BCUT2D eigenvalue weighted by molar-refractivity contribution is 5.73. The number of hydrogen-bond acceptors (Lipinski definition) is 5. The van der Waals surface area contributed by atoms with Crippen molar-refractivity contribution < 1.29 is 14.2 Å². The molecule has 1 fully saturated rings. The molecule has 3 rings (SSSR count). The second kappa shape index (κ2) is 6.58. The van der Waals surface area contributed by atoms with E-state index in [2.05, 4.69) is 18.7 Å². The van der Waals surface area contributed by atoms with Crippen LogP contribution in [0.25, 0.3) is 6.08 Å². The number of morpholine rings is 1. The monoisotopic (exact) mass is 304 g/mol.